The van der Waals surface area contributed by atoms with Gasteiger partial charge in [-0.05, 0) is 33.3 Å². The van der Waals surface area contributed by atoms with Crippen LogP contribution in [0, 0.1) is 37.8 Å². The highest BCUT2D eigenvalue weighted by molar-refractivity contribution is 7.89. The SMILES string of the molecule is Cc1ccc(C)c(S(=O)(=O)NCc2c(C)noc2C)c1[N+](=O)[O-]. The monoisotopic (exact) mass is 339 g/mol. The van der Waals surface area contributed by atoms with Crippen LogP contribution >= 0.6 is 0 Å². The van der Waals surface area contributed by atoms with E-state index in [0.29, 0.717) is 28.1 Å². The first-order valence-electron chi connectivity index (χ1n) is 6.81. The maximum absolute atomic E-state index is 12.6. The number of benzene rings is 1. The summed E-state index contributed by atoms with van der Waals surface area (Å²) < 4.78 is 32.5. The fourth-order valence-electron chi connectivity index (χ4n) is 2.33. The zero-order chi connectivity index (χ0) is 17.4. The molecule has 0 unspecified atom stereocenters. The van der Waals surface area contributed by atoms with E-state index in [0.717, 1.165) is 0 Å². The molecule has 1 heterocycles. The van der Waals surface area contributed by atoms with Gasteiger partial charge < -0.3 is 4.52 Å². The molecule has 2 aromatic rings. The molecule has 0 radical (unpaired) electrons. The third kappa shape index (κ3) is 3.25. The number of sulfonamides is 1. The van der Waals surface area contributed by atoms with E-state index in [-0.39, 0.29) is 11.4 Å². The minimum absolute atomic E-state index is 0.0476. The van der Waals surface area contributed by atoms with Crippen molar-refractivity contribution in [3.05, 3.63) is 50.4 Å². The summed E-state index contributed by atoms with van der Waals surface area (Å²) in [6.07, 6.45) is 0. The molecule has 0 amide bonds. The number of nitrogens with zero attached hydrogens (tertiary/aromatic N) is 2. The molecule has 0 atom stereocenters. The molecule has 8 nitrogen and oxygen atoms in total. The molecule has 23 heavy (non-hydrogen) atoms. The van der Waals surface area contributed by atoms with Crippen LogP contribution in [0.25, 0.3) is 0 Å². The van der Waals surface area contributed by atoms with E-state index in [1.807, 2.05) is 0 Å². The van der Waals surface area contributed by atoms with Gasteiger partial charge in [-0.2, -0.15) is 0 Å². The minimum Gasteiger partial charge on any atom is -0.361 e. The fraction of sp³-hybridized carbons (Fsp3) is 0.357. The lowest BCUT2D eigenvalue weighted by atomic mass is 10.1. The smallest absolute Gasteiger partial charge is 0.292 e. The Morgan fingerprint density at radius 1 is 1.22 bits per heavy atom. The third-order valence-corrected chi connectivity index (χ3v) is 5.18. The number of rotatable bonds is 5. The summed E-state index contributed by atoms with van der Waals surface area (Å²) in [6.45, 7) is 6.35. The normalized spacial score (nSPS) is 11.7. The summed E-state index contributed by atoms with van der Waals surface area (Å²) in [5.74, 6) is 0.501. The predicted molar refractivity (Wildman–Crippen MR) is 82.6 cm³/mol. The Morgan fingerprint density at radius 3 is 2.35 bits per heavy atom. The van der Waals surface area contributed by atoms with Crippen LogP contribution in [0.4, 0.5) is 5.69 Å². The van der Waals surface area contributed by atoms with Gasteiger partial charge in [0.2, 0.25) is 10.0 Å². The topological polar surface area (TPSA) is 115 Å². The Morgan fingerprint density at radius 2 is 1.83 bits per heavy atom. The zero-order valence-corrected chi connectivity index (χ0v) is 14.0. The van der Waals surface area contributed by atoms with Crippen molar-refractivity contribution in [1.82, 2.24) is 9.88 Å². The Labute approximate surface area is 133 Å². The highest BCUT2D eigenvalue weighted by atomic mass is 32.2. The third-order valence-electron chi connectivity index (χ3n) is 3.60. The van der Waals surface area contributed by atoms with Crippen LogP contribution in [0.5, 0.6) is 0 Å². The maximum atomic E-state index is 12.6. The van der Waals surface area contributed by atoms with Gasteiger partial charge in [-0.1, -0.05) is 17.3 Å². The lowest BCUT2D eigenvalue weighted by Gasteiger charge is -2.11. The maximum Gasteiger partial charge on any atom is 0.292 e. The van der Waals surface area contributed by atoms with E-state index in [2.05, 4.69) is 9.88 Å². The molecule has 0 saturated heterocycles. The number of nitrogens with one attached hydrogen (secondary N) is 1. The largest absolute Gasteiger partial charge is 0.361 e. The molecule has 0 fully saturated rings. The predicted octanol–water partition coefficient (Wildman–Crippen LogP) is 2.29. The average Bonchev–Trinajstić information content (AvgIpc) is 2.77. The second-order valence-electron chi connectivity index (χ2n) is 5.26. The summed E-state index contributed by atoms with van der Waals surface area (Å²) in [4.78, 5) is 10.3. The van der Waals surface area contributed by atoms with Crippen molar-refractivity contribution in [3.63, 3.8) is 0 Å². The van der Waals surface area contributed by atoms with Crippen molar-refractivity contribution in [1.29, 1.82) is 0 Å². The molecule has 0 aliphatic heterocycles. The van der Waals surface area contributed by atoms with Crippen molar-refractivity contribution in [2.24, 2.45) is 0 Å². The van der Waals surface area contributed by atoms with Gasteiger partial charge in [0.25, 0.3) is 5.69 Å². The lowest BCUT2D eigenvalue weighted by Crippen LogP contribution is -2.25. The van der Waals surface area contributed by atoms with Crippen LogP contribution in [-0.2, 0) is 16.6 Å². The van der Waals surface area contributed by atoms with Crippen molar-refractivity contribution >= 4 is 15.7 Å². The molecule has 2 rings (SSSR count). The Balaban J connectivity index is 2.45. The second kappa shape index (κ2) is 6.09. The van der Waals surface area contributed by atoms with Gasteiger partial charge in [-0.25, -0.2) is 13.1 Å². The van der Waals surface area contributed by atoms with Crippen LogP contribution in [0.2, 0.25) is 0 Å². The molecule has 9 heteroatoms. The Kier molecular flexibility index (Phi) is 4.53. The van der Waals surface area contributed by atoms with Crippen LogP contribution in [0.3, 0.4) is 0 Å². The molecular formula is C14H17N3O5S. The Bertz CT molecular complexity index is 851. The molecule has 124 valence electrons. The van der Waals surface area contributed by atoms with E-state index in [9.17, 15) is 18.5 Å². The van der Waals surface area contributed by atoms with Crippen molar-refractivity contribution in [2.45, 2.75) is 39.1 Å². The number of hydrogen-bond donors (Lipinski definition) is 1. The lowest BCUT2D eigenvalue weighted by molar-refractivity contribution is -0.388. The molecule has 0 saturated carbocycles. The number of nitro groups is 1. The first kappa shape index (κ1) is 17.1. The van der Waals surface area contributed by atoms with Gasteiger partial charge in [-0.15, -0.1) is 0 Å². The van der Waals surface area contributed by atoms with E-state index in [1.165, 1.54) is 19.9 Å². The quantitative estimate of drug-likeness (QED) is 0.660. The van der Waals surface area contributed by atoms with Crippen molar-refractivity contribution in [3.8, 4) is 0 Å². The van der Waals surface area contributed by atoms with Crippen LogP contribution < -0.4 is 4.72 Å². The van der Waals surface area contributed by atoms with E-state index < -0.39 is 20.6 Å². The van der Waals surface area contributed by atoms with Crippen LogP contribution in [-0.4, -0.2) is 18.5 Å². The van der Waals surface area contributed by atoms with E-state index >= 15 is 0 Å². The standard InChI is InChI=1S/C14H17N3O5S/c1-8-5-6-9(2)14(13(8)17(18)19)23(20,21)15-7-12-10(3)16-22-11(12)4/h5-6,15H,7H2,1-4H3. The molecule has 0 bridgehead atoms. The molecule has 1 aromatic carbocycles. The summed E-state index contributed by atoms with van der Waals surface area (Å²) in [5, 5.41) is 15.0. The van der Waals surface area contributed by atoms with Gasteiger partial charge in [0.15, 0.2) is 4.90 Å². The number of nitro benzene ring substituents is 1. The van der Waals surface area contributed by atoms with Crippen LogP contribution in [0.1, 0.15) is 28.1 Å². The van der Waals surface area contributed by atoms with E-state index in [1.54, 1.807) is 19.9 Å². The van der Waals surface area contributed by atoms with Crippen molar-refractivity contribution in [2.75, 3.05) is 0 Å². The van der Waals surface area contributed by atoms with Gasteiger partial charge in [-0.3, -0.25) is 10.1 Å². The molecule has 0 aliphatic rings. The molecular weight excluding hydrogens is 322 g/mol. The summed E-state index contributed by atoms with van der Waals surface area (Å²) >= 11 is 0. The van der Waals surface area contributed by atoms with Gasteiger partial charge in [0.1, 0.15) is 5.76 Å². The minimum atomic E-state index is -4.06. The zero-order valence-electron chi connectivity index (χ0n) is 13.2. The average molecular weight is 339 g/mol. The summed E-state index contributed by atoms with van der Waals surface area (Å²) in [5.41, 5.74) is 1.38. The second-order valence-corrected chi connectivity index (χ2v) is 6.97. The van der Waals surface area contributed by atoms with Gasteiger partial charge in [0, 0.05) is 17.7 Å². The van der Waals surface area contributed by atoms with Crippen molar-refractivity contribution < 1.29 is 17.9 Å². The number of aryl methyl sites for hydroxylation is 4. The van der Waals surface area contributed by atoms with Gasteiger partial charge >= 0.3 is 0 Å². The first-order chi connectivity index (χ1) is 10.6. The molecule has 0 aliphatic carbocycles. The first-order valence-corrected chi connectivity index (χ1v) is 8.29. The summed E-state index contributed by atoms with van der Waals surface area (Å²) in [6, 6.07) is 3.08. The molecule has 1 N–H and O–H groups in total. The number of hydrogen-bond acceptors (Lipinski definition) is 6. The number of aromatic nitrogens is 1. The highest BCUT2D eigenvalue weighted by Crippen LogP contribution is 2.30. The van der Waals surface area contributed by atoms with Gasteiger partial charge in [0.05, 0.1) is 10.6 Å². The molecule has 1 aromatic heterocycles. The van der Waals surface area contributed by atoms with E-state index in [4.69, 9.17) is 4.52 Å². The van der Waals surface area contributed by atoms with Crippen LogP contribution in [0.15, 0.2) is 21.6 Å². The highest BCUT2D eigenvalue weighted by Gasteiger charge is 2.30. The fourth-order valence-corrected chi connectivity index (χ4v) is 3.79. The Hall–Kier alpha value is -2.26. The molecule has 0 spiro atoms. The summed E-state index contributed by atoms with van der Waals surface area (Å²) in [7, 11) is -4.06.